The molecule has 0 N–H and O–H groups in total. The molecule has 1 aromatic heterocycles. The average Bonchev–Trinajstić information content (AvgIpc) is 2.96. The molecule has 0 radical (unpaired) electrons. The Bertz CT molecular complexity index is 956. The Hall–Kier alpha value is -3.03. The lowest BCUT2D eigenvalue weighted by atomic mass is 9.93. The molecule has 0 bridgehead atoms. The van der Waals surface area contributed by atoms with Crippen molar-refractivity contribution in [1.29, 1.82) is 0 Å². The van der Waals surface area contributed by atoms with Gasteiger partial charge in [0.2, 0.25) is 5.91 Å². The van der Waals surface area contributed by atoms with E-state index in [-0.39, 0.29) is 11.8 Å². The highest BCUT2D eigenvalue weighted by molar-refractivity contribution is 5.93. The van der Waals surface area contributed by atoms with Crippen molar-refractivity contribution < 1.29 is 19.1 Å². The van der Waals surface area contributed by atoms with Gasteiger partial charge in [-0.3, -0.25) is 14.3 Å². The van der Waals surface area contributed by atoms with E-state index in [2.05, 4.69) is 5.10 Å². The summed E-state index contributed by atoms with van der Waals surface area (Å²) in [5, 5.41) is 4.11. The Morgan fingerprint density at radius 2 is 2.03 bits per heavy atom. The Morgan fingerprint density at radius 3 is 2.73 bits per heavy atom. The van der Waals surface area contributed by atoms with Crippen molar-refractivity contribution in [2.24, 2.45) is 7.05 Å². The maximum Gasteiger partial charge on any atom is 0.257 e. The van der Waals surface area contributed by atoms with Crippen molar-refractivity contribution in [3.8, 4) is 11.5 Å². The standard InChI is InChI=1S/C22H28N4O4/c1-16(27)26-14-17-11-19(29-3)5-6-20(17)30-22(15-26)7-4-9-25(10-8-22)21(28)18-12-23-24(2)13-18/h5-6,11-13H,4,7-10,14-15H2,1-3H3. The molecule has 1 saturated heterocycles. The molecular formula is C22H28N4O4. The summed E-state index contributed by atoms with van der Waals surface area (Å²) in [6.07, 6.45) is 5.59. The predicted molar refractivity (Wildman–Crippen MR) is 110 cm³/mol. The van der Waals surface area contributed by atoms with Gasteiger partial charge in [0.1, 0.15) is 17.1 Å². The molecule has 2 aromatic rings. The third kappa shape index (κ3) is 3.99. The van der Waals surface area contributed by atoms with Gasteiger partial charge in [0.05, 0.1) is 25.4 Å². The maximum atomic E-state index is 12.9. The smallest absolute Gasteiger partial charge is 0.257 e. The first-order chi connectivity index (χ1) is 14.4. The molecule has 8 nitrogen and oxygen atoms in total. The van der Waals surface area contributed by atoms with Gasteiger partial charge >= 0.3 is 0 Å². The maximum absolute atomic E-state index is 12.9. The van der Waals surface area contributed by atoms with Crippen LogP contribution >= 0.6 is 0 Å². The van der Waals surface area contributed by atoms with Crippen LogP contribution in [-0.2, 0) is 18.4 Å². The van der Waals surface area contributed by atoms with E-state index in [0.29, 0.717) is 38.2 Å². The number of fused-ring (bicyclic) bond motifs is 1. The fourth-order valence-electron chi connectivity index (χ4n) is 4.35. The van der Waals surface area contributed by atoms with E-state index in [1.807, 2.05) is 28.0 Å². The molecule has 30 heavy (non-hydrogen) atoms. The molecule has 1 atom stereocenters. The number of hydrogen-bond donors (Lipinski definition) is 0. The van der Waals surface area contributed by atoms with Gasteiger partial charge in [-0.1, -0.05) is 0 Å². The number of carbonyl (C=O) groups is 2. The van der Waals surface area contributed by atoms with E-state index in [0.717, 1.165) is 29.9 Å². The monoisotopic (exact) mass is 412 g/mol. The predicted octanol–water partition coefficient (Wildman–Crippen LogP) is 2.23. The minimum atomic E-state index is -0.518. The summed E-state index contributed by atoms with van der Waals surface area (Å²) in [7, 11) is 3.43. The number of nitrogens with zero attached hydrogens (tertiary/aromatic N) is 4. The number of methoxy groups -OCH3 is 1. The molecule has 3 heterocycles. The van der Waals surface area contributed by atoms with Crippen molar-refractivity contribution in [1.82, 2.24) is 19.6 Å². The molecule has 8 heteroatoms. The van der Waals surface area contributed by atoms with Crippen LogP contribution in [0, 0.1) is 0 Å². The van der Waals surface area contributed by atoms with Crippen LogP contribution in [0.2, 0.25) is 0 Å². The highest BCUT2D eigenvalue weighted by Gasteiger charge is 2.40. The van der Waals surface area contributed by atoms with Gasteiger partial charge in [0.25, 0.3) is 5.91 Å². The first-order valence-corrected chi connectivity index (χ1v) is 10.3. The van der Waals surface area contributed by atoms with Gasteiger partial charge in [-0.25, -0.2) is 0 Å². The number of benzene rings is 1. The van der Waals surface area contributed by atoms with Gasteiger partial charge in [-0.15, -0.1) is 0 Å². The molecule has 1 fully saturated rings. The number of hydrogen-bond acceptors (Lipinski definition) is 5. The lowest BCUT2D eigenvalue weighted by Gasteiger charge is -2.35. The third-order valence-corrected chi connectivity index (χ3v) is 6.02. The Morgan fingerprint density at radius 1 is 1.20 bits per heavy atom. The molecule has 2 aliphatic rings. The molecular weight excluding hydrogens is 384 g/mol. The van der Waals surface area contributed by atoms with E-state index in [1.54, 1.807) is 38.2 Å². The Kier molecular flexibility index (Phi) is 5.40. The second-order valence-corrected chi connectivity index (χ2v) is 8.18. The minimum absolute atomic E-state index is 0.0117. The highest BCUT2D eigenvalue weighted by Crippen LogP contribution is 2.37. The highest BCUT2D eigenvalue weighted by atomic mass is 16.5. The SMILES string of the molecule is COc1ccc2c(c1)CN(C(C)=O)CC1(CCCN(C(=O)c3cnn(C)c3)CC1)O2. The molecule has 2 aliphatic heterocycles. The van der Waals surface area contributed by atoms with E-state index < -0.39 is 5.60 Å². The third-order valence-electron chi connectivity index (χ3n) is 6.02. The van der Waals surface area contributed by atoms with Crippen LogP contribution < -0.4 is 9.47 Å². The number of ether oxygens (including phenoxy) is 2. The number of carbonyl (C=O) groups excluding carboxylic acids is 2. The van der Waals surface area contributed by atoms with E-state index in [4.69, 9.17) is 9.47 Å². The summed E-state index contributed by atoms with van der Waals surface area (Å²) in [5.74, 6) is 1.53. The normalized spacial score (nSPS) is 21.4. The zero-order valence-corrected chi connectivity index (χ0v) is 17.8. The van der Waals surface area contributed by atoms with Crippen LogP contribution in [0.3, 0.4) is 0 Å². The van der Waals surface area contributed by atoms with Gasteiger partial charge < -0.3 is 19.3 Å². The lowest BCUT2D eigenvalue weighted by Crippen LogP contribution is -2.47. The second kappa shape index (κ2) is 8.01. The first-order valence-electron chi connectivity index (χ1n) is 10.3. The summed E-state index contributed by atoms with van der Waals surface area (Å²) in [6, 6.07) is 5.73. The van der Waals surface area contributed by atoms with Crippen LogP contribution in [0.1, 0.15) is 42.1 Å². The Labute approximate surface area is 176 Å². The van der Waals surface area contributed by atoms with Crippen molar-refractivity contribution in [2.45, 2.75) is 38.3 Å². The lowest BCUT2D eigenvalue weighted by molar-refractivity contribution is -0.132. The molecule has 1 unspecified atom stereocenters. The average molecular weight is 412 g/mol. The largest absolute Gasteiger partial charge is 0.497 e. The van der Waals surface area contributed by atoms with Crippen molar-refractivity contribution in [3.05, 3.63) is 41.7 Å². The van der Waals surface area contributed by atoms with Crippen LogP contribution in [0.25, 0.3) is 0 Å². The zero-order chi connectivity index (χ0) is 21.3. The van der Waals surface area contributed by atoms with Crippen LogP contribution in [-0.4, -0.2) is 63.7 Å². The number of likely N-dealkylation sites (tertiary alicyclic amines) is 1. The number of aryl methyl sites for hydroxylation is 1. The van der Waals surface area contributed by atoms with Gasteiger partial charge in [0, 0.05) is 51.8 Å². The molecule has 4 rings (SSSR count). The zero-order valence-electron chi connectivity index (χ0n) is 17.8. The molecule has 0 saturated carbocycles. The molecule has 0 aliphatic carbocycles. The quantitative estimate of drug-likeness (QED) is 0.756. The topological polar surface area (TPSA) is 76.9 Å². The van der Waals surface area contributed by atoms with Crippen LogP contribution in [0.15, 0.2) is 30.6 Å². The van der Waals surface area contributed by atoms with Gasteiger partial charge in [-0.05, 0) is 31.0 Å². The summed E-state index contributed by atoms with van der Waals surface area (Å²) in [4.78, 5) is 29.0. The van der Waals surface area contributed by atoms with Crippen molar-refractivity contribution in [2.75, 3.05) is 26.7 Å². The minimum Gasteiger partial charge on any atom is -0.497 e. The number of aromatic nitrogens is 2. The van der Waals surface area contributed by atoms with Crippen molar-refractivity contribution in [3.63, 3.8) is 0 Å². The summed E-state index contributed by atoms with van der Waals surface area (Å²) < 4.78 is 13.6. The number of rotatable bonds is 2. The van der Waals surface area contributed by atoms with Gasteiger partial charge in [-0.2, -0.15) is 5.10 Å². The molecule has 1 spiro atoms. The molecule has 160 valence electrons. The van der Waals surface area contributed by atoms with Crippen molar-refractivity contribution >= 4 is 11.8 Å². The summed E-state index contributed by atoms with van der Waals surface area (Å²) >= 11 is 0. The number of amides is 2. The van der Waals surface area contributed by atoms with E-state index in [1.165, 1.54) is 0 Å². The molecule has 1 aromatic carbocycles. The van der Waals surface area contributed by atoms with Gasteiger partial charge in [0.15, 0.2) is 0 Å². The second-order valence-electron chi connectivity index (χ2n) is 8.18. The van der Waals surface area contributed by atoms with Crippen LogP contribution in [0.5, 0.6) is 11.5 Å². The fourth-order valence-corrected chi connectivity index (χ4v) is 4.35. The molecule has 2 amide bonds. The summed E-state index contributed by atoms with van der Waals surface area (Å²) in [6.45, 7) is 3.82. The van der Waals surface area contributed by atoms with Crippen LogP contribution in [0.4, 0.5) is 0 Å². The fraction of sp³-hybridized carbons (Fsp3) is 0.500. The first kappa shape index (κ1) is 20.3. The Balaban J connectivity index is 1.58. The van der Waals surface area contributed by atoms with E-state index in [9.17, 15) is 9.59 Å². The summed E-state index contributed by atoms with van der Waals surface area (Å²) in [5.41, 5.74) is 1.02. The van der Waals surface area contributed by atoms with E-state index >= 15 is 0 Å².